The van der Waals surface area contributed by atoms with Crippen molar-refractivity contribution in [1.29, 1.82) is 0 Å². The zero-order valence-corrected chi connectivity index (χ0v) is 13.8. The molecular weight excluding hydrogens is 326 g/mol. The summed E-state index contributed by atoms with van der Waals surface area (Å²) in [4.78, 5) is 3.80. The third kappa shape index (κ3) is 4.19. The molecule has 0 radical (unpaired) electrons. The van der Waals surface area contributed by atoms with Crippen LogP contribution >= 0.6 is 11.6 Å². The molecular formula is C15H16ClNO4S. The van der Waals surface area contributed by atoms with Gasteiger partial charge in [0.05, 0.1) is 12.8 Å². The number of benzene rings is 1. The Kier molecular flexibility index (Phi) is 5.39. The summed E-state index contributed by atoms with van der Waals surface area (Å²) in [7, 11) is -2.30. The van der Waals surface area contributed by atoms with Crippen LogP contribution in [0.2, 0.25) is 5.15 Å². The number of aromatic nitrogens is 1. The molecule has 22 heavy (non-hydrogen) atoms. The van der Waals surface area contributed by atoms with Gasteiger partial charge in [0.25, 0.3) is 0 Å². The van der Waals surface area contributed by atoms with Crippen LogP contribution in [0.5, 0.6) is 5.75 Å². The fourth-order valence-electron chi connectivity index (χ4n) is 1.78. The minimum absolute atomic E-state index is 0.0298. The highest BCUT2D eigenvalue weighted by molar-refractivity contribution is 7.87. The normalized spacial score (nSPS) is 11.4. The Morgan fingerprint density at radius 1 is 1.23 bits per heavy atom. The minimum Gasteiger partial charge on any atom is -0.384 e. The van der Waals surface area contributed by atoms with Crippen LogP contribution in [0.3, 0.4) is 0 Å². The summed E-state index contributed by atoms with van der Waals surface area (Å²) in [5.74, 6) is 0.244. The molecule has 0 saturated heterocycles. The third-order valence-electron chi connectivity index (χ3n) is 3.00. The minimum atomic E-state index is -3.93. The van der Waals surface area contributed by atoms with Crippen molar-refractivity contribution in [2.75, 3.05) is 13.7 Å². The Bertz CT molecular complexity index is 745. The summed E-state index contributed by atoms with van der Waals surface area (Å²) in [6.45, 7) is 2.28. The molecule has 0 N–H and O–H groups in total. The van der Waals surface area contributed by atoms with Crippen LogP contribution in [0.25, 0.3) is 0 Å². The predicted molar refractivity (Wildman–Crippen MR) is 83.8 cm³/mol. The van der Waals surface area contributed by atoms with E-state index in [1.807, 2.05) is 0 Å². The second-order valence-electron chi connectivity index (χ2n) is 4.70. The van der Waals surface area contributed by atoms with Crippen molar-refractivity contribution in [2.24, 2.45) is 0 Å². The summed E-state index contributed by atoms with van der Waals surface area (Å²) in [5.41, 5.74) is 1.61. The molecule has 0 fully saturated rings. The number of methoxy groups -OCH3 is 1. The van der Waals surface area contributed by atoms with Gasteiger partial charge in [-0.05, 0) is 42.7 Å². The highest BCUT2D eigenvalue weighted by Gasteiger charge is 2.18. The van der Waals surface area contributed by atoms with E-state index in [1.165, 1.54) is 12.3 Å². The highest BCUT2D eigenvalue weighted by Crippen LogP contribution is 2.21. The van der Waals surface area contributed by atoms with Gasteiger partial charge in [0.2, 0.25) is 0 Å². The van der Waals surface area contributed by atoms with E-state index >= 15 is 0 Å². The summed E-state index contributed by atoms with van der Waals surface area (Å²) >= 11 is 5.79. The Morgan fingerprint density at radius 3 is 2.50 bits per heavy atom. The number of hydrogen-bond acceptors (Lipinski definition) is 5. The van der Waals surface area contributed by atoms with Crippen molar-refractivity contribution >= 4 is 21.7 Å². The van der Waals surface area contributed by atoms with Gasteiger partial charge < -0.3 is 8.92 Å². The topological polar surface area (TPSA) is 65.5 Å². The molecule has 1 aromatic heterocycles. The van der Waals surface area contributed by atoms with E-state index < -0.39 is 10.1 Å². The van der Waals surface area contributed by atoms with Crippen LogP contribution in [0.15, 0.2) is 41.4 Å². The number of rotatable bonds is 6. The average molecular weight is 342 g/mol. The second-order valence-corrected chi connectivity index (χ2v) is 6.61. The Morgan fingerprint density at radius 2 is 1.91 bits per heavy atom. The number of halogens is 1. The largest absolute Gasteiger partial charge is 0.384 e. The predicted octanol–water partition coefficient (Wildman–Crippen LogP) is 3.00. The van der Waals surface area contributed by atoms with Gasteiger partial charge in [-0.25, -0.2) is 4.98 Å². The van der Waals surface area contributed by atoms with Gasteiger partial charge in [-0.1, -0.05) is 23.7 Å². The Hall–Kier alpha value is -1.63. The van der Waals surface area contributed by atoms with Gasteiger partial charge in [0.15, 0.2) is 0 Å². The maximum absolute atomic E-state index is 12.2. The maximum Gasteiger partial charge on any atom is 0.340 e. The zero-order valence-electron chi connectivity index (χ0n) is 12.2. The fourth-order valence-corrected chi connectivity index (χ4v) is 2.84. The molecule has 0 spiro atoms. The number of aryl methyl sites for hydroxylation is 1. The van der Waals surface area contributed by atoms with Crippen molar-refractivity contribution in [3.8, 4) is 5.75 Å². The number of pyridine rings is 1. The number of hydrogen-bond donors (Lipinski definition) is 0. The van der Waals surface area contributed by atoms with Crippen LogP contribution in [0.1, 0.15) is 11.1 Å². The molecule has 118 valence electrons. The molecule has 0 saturated carbocycles. The summed E-state index contributed by atoms with van der Waals surface area (Å²) in [6, 6.07) is 8.25. The first kappa shape index (κ1) is 16.7. The number of ether oxygens (including phenoxy) is 1. The van der Waals surface area contributed by atoms with E-state index in [0.717, 1.165) is 12.0 Å². The van der Waals surface area contributed by atoms with Gasteiger partial charge >= 0.3 is 10.1 Å². The molecule has 0 unspecified atom stereocenters. The molecule has 1 heterocycles. The molecule has 0 atom stereocenters. The molecule has 7 heteroatoms. The van der Waals surface area contributed by atoms with E-state index in [1.54, 1.807) is 38.3 Å². The average Bonchev–Trinajstić information content (AvgIpc) is 2.49. The summed E-state index contributed by atoms with van der Waals surface area (Å²) in [6.07, 6.45) is 1.93. The first-order valence-electron chi connectivity index (χ1n) is 6.57. The van der Waals surface area contributed by atoms with Gasteiger partial charge in [-0.3, -0.25) is 0 Å². The first-order valence-corrected chi connectivity index (χ1v) is 8.35. The van der Waals surface area contributed by atoms with Crippen LogP contribution in [-0.4, -0.2) is 27.1 Å². The van der Waals surface area contributed by atoms with E-state index in [-0.39, 0.29) is 15.8 Å². The lowest BCUT2D eigenvalue weighted by atomic mass is 10.1. The van der Waals surface area contributed by atoms with Crippen LogP contribution in [0, 0.1) is 6.92 Å². The van der Waals surface area contributed by atoms with Crippen LogP contribution < -0.4 is 4.18 Å². The standard InChI is InChI=1S/C15H16ClNO4S/c1-11-9-14(10-17-15(11)16)22(18,19)21-13-5-3-12(4-6-13)7-8-20-2/h3-6,9-10H,7-8H2,1-2H3. The summed E-state index contributed by atoms with van der Waals surface area (Å²) < 4.78 is 34.5. The third-order valence-corrected chi connectivity index (χ3v) is 4.61. The van der Waals surface area contributed by atoms with E-state index in [9.17, 15) is 8.42 Å². The quantitative estimate of drug-likeness (QED) is 0.597. The molecule has 0 amide bonds. The second kappa shape index (κ2) is 7.09. The van der Waals surface area contributed by atoms with Gasteiger partial charge in [-0.2, -0.15) is 8.42 Å². The molecule has 0 aliphatic heterocycles. The zero-order chi connectivity index (χ0) is 16.2. The van der Waals surface area contributed by atoms with Crippen molar-refractivity contribution in [1.82, 2.24) is 4.98 Å². The van der Waals surface area contributed by atoms with Crippen molar-refractivity contribution < 1.29 is 17.3 Å². The lowest BCUT2D eigenvalue weighted by Crippen LogP contribution is -2.10. The first-order chi connectivity index (χ1) is 10.4. The Labute approximate surface area is 135 Å². The molecule has 0 aliphatic rings. The monoisotopic (exact) mass is 341 g/mol. The van der Waals surface area contributed by atoms with E-state index in [2.05, 4.69) is 4.98 Å². The molecule has 1 aromatic carbocycles. The van der Waals surface area contributed by atoms with Gasteiger partial charge in [-0.15, -0.1) is 0 Å². The SMILES string of the molecule is COCCc1ccc(OS(=O)(=O)c2cnc(Cl)c(C)c2)cc1. The Balaban J connectivity index is 2.16. The smallest absolute Gasteiger partial charge is 0.340 e. The lowest BCUT2D eigenvalue weighted by Gasteiger charge is -2.08. The summed E-state index contributed by atoms with van der Waals surface area (Å²) in [5, 5.41) is 0.265. The van der Waals surface area contributed by atoms with Crippen LogP contribution in [0.4, 0.5) is 0 Å². The van der Waals surface area contributed by atoms with Crippen LogP contribution in [-0.2, 0) is 21.3 Å². The van der Waals surface area contributed by atoms with Gasteiger partial charge in [0.1, 0.15) is 15.8 Å². The number of nitrogens with zero attached hydrogens (tertiary/aromatic N) is 1. The fraction of sp³-hybridized carbons (Fsp3) is 0.267. The lowest BCUT2D eigenvalue weighted by molar-refractivity contribution is 0.202. The molecule has 2 rings (SSSR count). The molecule has 2 aromatic rings. The molecule has 5 nitrogen and oxygen atoms in total. The van der Waals surface area contributed by atoms with E-state index in [0.29, 0.717) is 12.2 Å². The van der Waals surface area contributed by atoms with Crippen molar-refractivity contribution in [2.45, 2.75) is 18.2 Å². The van der Waals surface area contributed by atoms with Crippen molar-refractivity contribution in [3.05, 3.63) is 52.8 Å². The molecule has 0 bridgehead atoms. The van der Waals surface area contributed by atoms with Crippen molar-refractivity contribution in [3.63, 3.8) is 0 Å². The van der Waals surface area contributed by atoms with Gasteiger partial charge in [0, 0.05) is 7.11 Å². The van der Waals surface area contributed by atoms with E-state index in [4.69, 9.17) is 20.5 Å². The highest BCUT2D eigenvalue weighted by atomic mass is 35.5. The molecule has 0 aliphatic carbocycles. The maximum atomic E-state index is 12.2.